The molecule has 1 amide bonds. The average Bonchev–Trinajstić information content (AvgIpc) is 2.93. The number of aryl methyl sites for hydroxylation is 1. The largest absolute Gasteiger partial charge is 0.389 e. The molecule has 0 aromatic heterocycles. The van der Waals surface area contributed by atoms with Crippen molar-refractivity contribution < 1.29 is 37.1 Å². The second kappa shape index (κ2) is 14.9. The van der Waals surface area contributed by atoms with Crippen LogP contribution in [0.1, 0.15) is 42.1 Å². The molecule has 0 radical (unpaired) electrons. The van der Waals surface area contributed by atoms with E-state index in [-0.39, 0.29) is 11.3 Å². The third-order valence-corrected chi connectivity index (χ3v) is 4.66. The first-order chi connectivity index (χ1) is 16.0. The number of anilines is 1. The number of likely N-dealkylation sites (tertiary alicyclic amines) is 1. The summed E-state index contributed by atoms with van der Waals surface area (Å²) in [5.41, 5.74) is -0.182. The standard InChI is InChI=1S/C14H9F4NO.C8H17NO.2CH2O/c1-7-2-8(4-9(15)3-7)14(20)19-10-5-11(16)13(18)12(17)6-10;1-8(10)5-3-4-6-9(2)7-8;2*1-2/h2-6H,1H3,(H,19,20);10H,3-7H2,1-2H3;2*1H2. The lowest BCUT2D eigenvalue weighted by atomic mass is 10.0. The highest BCUT2D eigenvalue weighted by molar-refractivity contribution is 6.04. The van der Waals surface area contributed by atoms with Gasteiger partial charge in [-0.3, -0.25) is 4.79 Å². The van der Waals surface area contributed by atoms with Crippen molar-refractivity contribution in [2.24, 2.45) is 0 Å². The minimum Gasteiger partial charge on any atom is -0.389 e. The molecule has 2 aromatic rings. The van der Waals surface area contributed by atoms with Crippen LogP contribution in [0.4, 0.5) is 23.2 Å². The molecule has 1 atom stereocenters. The van der Waals surface area contributed by atoms with Crippen molar-refractivity contribution in [1.82, 2.24) is 4.90 Å². The fourth-order valence-electron chi connectivity index (χ4n) is 3.33. The Kier molecular flexibility index (Phi) is 13.6. The first kappa shape index (κ1) is 30.9. The predicted octanol–water partition coefficient (Wildman–Crippen LogP) is 4.29. The number of β-amino-alcohol motifs (C(OH)–C–C–N with tert-alkyl or cyclic N) is 1. The van der Waals surface area contributed by atoms with E-state index in [9.17, 15) is 27.5 Å². The smallest absolute Gasteiger partial charge is 0.255 e. The van der Waals surface area contributed by atoms with Gasteiger partial charge >= 0.3 is 0 Å². The minimum atomic E-state index is -1.62. The van der Waals surface area contributed by atoms with Crippen LogP contribution in [0.25, 0.3) is 0 Å². The maximum absolute atomic E-state index is 13.2. The molecular weight excluding hydrogens is 456 g/mol. The van der Waals surface area contributed by atoms with Gasteiger partial charge < -0.3 is 24.9 Å². The summed E-state index contributed by atoms with van der Waals surface area (Å²) in [4.78, 5) is 30.0. The van der Waals surface area contributed by atoms with E-state index in [2.05, 4.69) is 17.3 Å². The number of hydrogen-bond acceptors (Lipinski definition) is 5. The van der Waals surface area contributed by atoms with Crippen molar-refractivity contribution in [3.8, 4) is 0 Å². The van der Waals surface area contributed by atoms with E-state index in [1.54, 1.807) is 6.92 Å². The number of amides is 1. The number of likely N-dealkylation sites (N-methyl/N-ethyl adjacent to an activating group) is 1. The Bertz CT molecular complexity index is 896. The molecule has 1 saturated heterocycles. The summed E-state index contributed by atoms with van der Waals surface area (Å²) in [5.74, 6) is -5.82. The first-order valence-corrected chi connectivity index (χ1v) is 10.2. The molecule has 10 heteroatoms. The molecule has 1 unspecified atom stereocenters. The number of rotatable bonds is 2. The molecule has 2 N–H and O–H groups in total. The second-order valence-corrected chi connectivity index (χ2v) is 7.92. The molecule has 1 heterocycles. The van der Waals surface area contributed by atoms with Crippen molar-refractivity contribution in [2.45, 2.75) is 38.7 Å². The predicted molar refractivity (Wildman–Crippen MR) is 122 cm³/mol. The zero-order valence-corrected chi connectivity index (χ0v) is 19.5. The summed E-state index contributed by atoms with van der Waals surface area (Å²) in [7, 11) is 2.07. The van der Waals surface area contributed by atoms with Crippen LogP contribution in [0.15, 0.2) is 30.3 Å². The Labute approximate surface area is 196 Å². The molecule has 6 nitrogen and oxygen atoms in total. The molecule has 2 aromatic carbocycles. The number of carbonyl (C=O) groups is 3. The normalized spacial score (nSPS) is 17.4. The highest BCUT2D eigenvalue weighted by Crippen LogP contribution is 2.19. The van der Waals surface area contributed by atoms with Gasteiger partial charge in [0.2, 0.25) is 0 Å². The quantitative estimate of drug-likeness (QED) is 0.489. The number of aliphatic hydroxyl groups is 1. The van der Waals surface area contributed by atoms with Crippen LogP contribution in [-0.4, -0.2) is 55.2 Å². The topological polar surface area (TPSA) is 86.7 Å². The lowest BCUT2D eigenvalue weighted by molar-refractivity contribution is -0.0987. The van der Waals surface area contributed by atoms with E-state index >= 15 is 0 Å². The molecule has 1 fully saturated rings. The number of halogens is 4. The van der Waals surface area contributed by atoms with E-state index in [0.29, 0.717) is 17.7 Å². The average molecular weight is 487 g/mol. The summed E-state index contributed by atoms with van der Waals surface area (Å²) in [6.07, 6.45) is 3.35. The summed E-state index contributed by atoms with van der Waals surface area (Å²) < 4.78 is 51.9. The van der Waals surface area contributed by atoms with E-state index in [1.165, 1.54) is 18.6 Å². The molecule has 1 aliphatic rings. The fraction of sp³-hybridized carbons (Fsp3) is 0.375. The Hall–Kier alpha value is -3.11. The summed E-state index contributed by atoms with van der Waals surface area (Å²) in [5, 5.41) is 11.9. The SMILES string of the molecule is C=O.C=O.CN1CCCCC(C)(O)C1.Cc1cc(F)cc(C(=O)Nc2cc(F)c(F)c(F)c2)c1. The van der Waals surface area contributed by atoms with Crippen LogP contribution in [-0.2, 0) is 9.59 Å². The molecule has 0 spiro atoms. The highest BCUT2D eigenvalue weighted by Gasteiger charge is 2.24. The van der Waals surface area contributed by atoms with Crippen LogP contribution in [0.5, 0.6) is 0 Å². The van der Waals surface area contributed by atoms with Gasteiger partial charge in [0, 0.05) is 29.9 Å². The molecule has 188 valence electrons. The Morgan fingerprint density at radius 2 is 1.56 bits per heavy atom. The van der Waals surface area contributed by atoms with Gasteiger partial charge in [0.15, 0.2) is 17.5 Å². The second-order valence-electron chi connectivity index (χ2n) is 7.92. The van der Waals surface area contributed by atoms with Gasteiger partial charge in [-0.1, -0.05) is 0 Å². The molecular formula is C24H30F4N2O4. The maximum Gasteiger partial charge on any atom is 0.255 e. The van der Waals surface area contributed by atoms with Gasteiger partial charge in [-0.2, -0.15) is 0 Å². The zero-order chi connectivity index (χ0) is 26.5. The van der Waals surface area contributed by atoms with Gasteiger partial charge in [-0.25, -0.2) is 17.6 Å². The van der Waals surface area contributed by atoms with Crippen molar-refractivity contribution >= 4 is 25.2 Å². The van der Waals surface area contributed by atoms with Gasteiger partial charge in [0.05, 0.1) is 5.60 Å². The van der Waals surface area contributed by atoms with Crippen LogP contribution >= 0.6 is 0 Å². The number of nitrogens with zero attached hydrogens (tertiary/aromatic N) is 1. The van der Waals surface area contributed by atoms with E-state index in [1.807, 2.05) is 20.5 Å². The third kappa shape index (κ3) is 10.7. The van der Waals surface area contributed by atoms with Gasteiger partial charge in [-0.05, 0) is 70.5 Å². The van der Waals surface area contributed by atoms with E-state index < -0.39 is 34.8 Å². The molecule has 0 bridgehead atoms. The van der Waals surface area contributed by atoms with Crippen LogP contribution in [0.2, 0.25) is 0 Å². The first-order valence-electron chi connectivity index (χ1n) is 10.2. The third-order valence-electron chi connectivity index (χ3n) is 4.66. The number of nitrogens with one attached hydrogen (secondary N) is 1. The van der Waals surface area contributed by atoms with Crippen LogP contribution in [0.3, 0.4) is 0 Å². The number of hydrogen-bond donors (Lipinski definition) is 2. The van der Waals surface area contributed by atoms with Crippen molar-refractivity contribution in [3.05, 3.63) is 64.7 Å². The monoisotopic (exact) mass is 486 g/mol. The summed E-state index contributed by atoms with van der Waals surface area (Å²) >= 11 is 0. The lowest BCUT2D eigenvalue weighted by Gasteiger charge is -2.24. The van der Waals surface area contributed by atoms with Crippen molar-refractivity contribution in [2.75, 3.05) is 25.5 Å². The van der Waals surface area contributed by atoms with Crippen LogP contribution < -0.4 is 5.32 Å². The zero-order valence-electron chi connectivity index (χ0n) is 19.5. The van der Waals surface area contributed by atoms with Gasteiger partial charge in [-0.15, -0.1) is 0 Å². The van der Waals surface area contributed by atoms with E-state index in [0.717, 1.165) is 32.0 Å². The maximum atomic E-state index is 13.2. The Morgan fingerprint density at radius 3 is 2.09 bits per heavy atom. The minimum absolute atomic E-state index is 0.00681. The summed E-state index contributed by atoms with van der Waals surface area (Å²) in [6.45, 7) is 9.48. The molecule has 1 aliphatic heterocycles. The number of benzene rings is 2. The highest BCUT2D eigenvalue weighted by atomic mass is 19.2. The van der Waals surface area contributed by atoms with Gasteiger partial charge in [0.25, 0.3) is 5.91 Å². The van der Waals surface area contributed by atoms with Crippen LogP contribution in [0, 0.1) is 30.2 Å². The number of carbonyl (C=O) groups excluding carboxylic acids is 3. The summed E-state index contributed by atoms with van der Waals surface area (Å²) in [6, 6.07) is 4.91. The Balaban J connectivity index is 0.000000653. The molecule has 0 saturated carbocycles. The van der Waals surface area contributed by atoms with E-state index in [4.69, 9.17) is 9.59 Å². The van der Waals surface area contributed by atoms with Gasteiger partial charge in [0.1, 0.15) is 19.4 Å². The lowest BCUT2D eigenvalue weighted by Crippen LogP contribution is -2.36. The fourth-order valence-corrected chi connectivity index (χ4v) is 3.33. The van der Waals surface area contributed by atoms with Crippen molar-refractivity contribution in [3.63, 3.8) is 0 Å². The molecule has 0 aliphatic carbocycles. The molecule has 3 rings (SSSR count). The Morgan fingerprint density at radius 1 is 1.00 bits per heavy atom. The van der Waals surface area contributed by atoms with Crippen molar-refractivity contribution in [1.29, 1.82) is 0 Å². The molecule has 34 heavy (non-hydrogen) atoms.